The number of hydrogen-bond acceptors (Lipinski definition) is 5. The van der Waals surface area contributed by atoms with Crippen molar-refractivity contribution in [3.05, 3.63) is 39.3 Å². The number of rotatable bonds is 3. The zero-order valence-electron chi connectivity index (χ0n) is 14.6. The molecule has 0 bridgehead atoms. The molecule has 0 saturated carbocycles. The summed E-state index contributed by atoms with van der Waals surface area (Å²) in [5.41, 5.74) is 1.33. The fourth-order valence-corrected chi connectivity index (χ4v) is 2.52. The van der Waals surface area contributed by atoms with Crippen LogP contribution in [0.3, 0.4) is 0 Å². The highest BCUT2D eigenvalue weighted by atomic mass is 16.6. The van der Waals surface area contributed by atoms with Gasteiger partial charge in [-0.2, -0.15) is 10.4 Å². The number of esters is 1. The van der Waals surface area contributed by atoms with Crippen molar-refractivity contribution < 1.29 is 9.53 Å². The Morgan fingerprint density at radius 2 is 2.00 bits per heavy atom. The normalized spacial score (nSPS) is 11.3. The van der Waals surface area contributed by atoms with Crippen LogP contribution in [-0.4, -0.2) is 21.4 Å². The monoisotopic (exact) mass is 327 g/mol. The van der Waals surface area contributed by atoms with E-state index in [9.17, 15) is 9.59 Å². The Hall–Kier alpha value is -2.68. The van der Waals surface area contributed by atoms with E-state index in [1.807, 2.05) is 26.0 Å². The maximum atomic E-state index is 12.6. The molecule has 2 rings (SSSR count). The number of benzene rings is 1. The molecule has 0 N–H and O–H groups in total. The topological polar surface area (TPSA) is 85.0 Å². The average molecular weight is 327 g/mol. The van der Waals surface area contributed by atoms with Crippen molar-refractivity contribution >= 4 is 16.7 Å². The SMILES string of the molecule is Cc1ccc2c(CC(=O)OC(C)(C)C)nn(CC#N)c(=O)c2c1C. The molecule has 0 fully saturated rings. The zero-order valence-corrected chi connectivity index (χ0v) is 14.6. The first kappa shape index (κ1) is 17.7. The molecule has 0 atom stereocenters. The van der Waals surface area contributed by atoms with Gasteiger partial charge in [0.05, 0.1) is 23.6 Å². The molecule has 1 heterocycles. The Morgan fingerprint density at radius 3 is 2.58 bits per heavy atom. The number of ether oxygens (including phenoxy) is 1. The second-order valence-corrected chi connectivity index (χ2v) is 6.76. The molecule has 6 heteroatoms. The van der Waals surface area contributed by atoms with E-state index in [0.717, 1.165) is 15.8 Å². The van der Waals surface area contributed by atoms with Crippen LogP contribution < -0.4 is 5.56 Å². The van der Waals surface area contributed by atoms with Crippen LogP contribution in [0.1, 0.15) is 37.6 Å². The van der Waals surface area contributed by atoms with Crippen LogP contribution in [0.25, 0.3) is 10.8 Å². The van der Waals surface area contributed by atoms with Gasteiger partial charge in [-0.15, -0.1) is 0 Å². The quantitative estimate of drug-likeness (QED) is 0.808. The molecular formula is C18H21N3O3. The number of carbonyl (C=O) groups excluding carboxylic acids is 1. The summed E-state index contributed by atoms with van der Waals surface area (Å²) in [6, 6.07) is 5.62. The van der Waals surface area contributed by atoms with Crippen molar-refractivity contribution in [2.75, 3.05) is 0 Å². The van der Waals surface area contributed by atoms with E-state index in [0.29, 0.717) is 16.5 Å². The first-order chi connectivity index (χ1) is 11.1. The maximum absolute atomic E-state index is 12.6. The highest BCUT2D eigenvalue weighted by Crippen LogP contribution is 2.21. The molecule has 126 valence electrons. The van der Waals surface area contributed by atoms with Crippen LogP contribution in [0, 0.1) is 25.2 Å². The minimum Gasteiger partial charge on any atom is -0.460 e. The first-order valence-electron chi connectivity index (χ1n) is 7.72. The van der Waals surface area contributed by atoms with E-state index in [4.69, 9.17) is 10.00 Å². The lowest BCUT2D eigenvalue weighted by Crippen LogP contribution is -2.28. The lowest BCUT2D eigenvalue weighted by Gasteiger charge is -2.19. The number of aromatic nitrogens is 2. The summed E-state index contributed by atoms with van der Waals surface area (Å²) < 4.78 is 6.45. The smallest absolute Gasteiger partial charge is 0.312 e. The molecule has 2 aromatic rings. The molecule has 0 spiro atoms. The molecule has 0 aliphatic rings. The van der Waals surface area contributed by atoms with E-state index in [1.165, 1.54) is 0 Å². The molecule has 1 aromatic carbocycles. The van der Waals surface area contributed by atoms with E-state index < -0.39 is 11.6 Å². The van der Waals surface area contributed by atoms with Crippen molar-refractivity contribution in [1.29, 1.82) is 5.26 Å². The van der Waals surface area contributed by atoms with Crippen LogP contribution in [0.4, 0.5) is 0 Å². The van der Waals surface area contributed by atoms with Gasteiger partial charge in [0.1, 0.15) is 12.1 Å². The number of nitrogens with zero attached hydrogens (tertiary/aromatic N) is 3. The molecule has 1 aromatic heterocycles. The molecule has 6 nitrogen and oxygen atoms in total. The fraction of sp³-hybridized carbons (Fsp3) is 0.444. The fourth-order valence-electron chi connectivity index (χ4n) is 2.52. The van der Waals surface area contributed by atoms with Crippen LogP contribution in [0.15, 0.2) is 16.9 Å². The Labute approximate surface area is 140 Å². The zero-order chi connectivity index (χ0) is 18.1. The summed E-state index contributed by atoms with van der Waals surface area (Å²) in [5.74, 6) is -0.420. The van der Waals surface area contributed by atoms with E-state index >= 15 is 0 Å². The van der Waals surface area contributed by atoms with Gasteiger partial charge < -0.3 is 4.74 Å². The van der Waals surface area contributed by atoms with Crippen molar-refractivity contribution in [3.63, 3.8) is 0 Å². The Balaban J connectivity index is 2.63. The first-order valence-corrected chi connectivity index (χ1v) is 7.72. The molecule has 0 aliphatic carbocycles. The molecule has 24 heavy (non-hydrogen) atoms. The second-order valence-electron chi connectivity index (χ2n) is 6.76. The van der Waals surface area contributed by atoms with E-state index in [-0.39, 0.29) is 18.5 Å². The number of nitriles is 1. The Bertz CT molecular complexity index is 899. The van der Waals surface area contributed by atoms with Gasteiger partial charge >= 0.3 is 5.97 Å². The van der Waals surface area contributed by atoms with Crippen molar-refractivity contribution in [3.8, 4) is 6.07 Å². The summed E-state index contributed by atoms with van der Waals surface area (Å²) in [6.07, 6.45) is -0.0536. The van der Waals surface area contributed by atoms with Crippen LogP contribution in [-0.2, 0) is 22.5 Å². The van der Waals surface area contributed by atoms with Gasteiger partial charge in [-0.1, -0.05) is 12.1 Å². The number of hydrogen-bond donors (Lipinski definition) is 0. The minimum atomic E-state index is -0.597. The summed E-state index contributed by atoms with van der Waals surface area (Å²) >= 11 is 0. The molecule has 0 aliphatic heterocycles. The largest absolute Gasteiger partial charge is 0.460 e. The number of fused-ring (bicyclic) bond motifs is 1. The Kier molecular flexibility index (Phi) is 4.74. The van der Waals surface area contributed by atoms with Gasteiger partial charge in [0.15, 0.2) is 0 Å². The highest BCUT2D eigenvalue weighted by Gasteiger charge is 2.20. The van der Waals surface area contributed by atoms with E-state index in [1.54, 1.807) is 26.8 Å². The van der Waals surface area contributed by atoms with Crippen molar-refractivity contribution in [2.45, 2.75) is 53.2 Å². The highest BCUT2D eigenvalue weighted by molar-refractivity contribution is 5.90. The summed E-state index contributed by atoms with van der Waals surface area (Å²) in [4.78, 5) is 24.8. The molecule has 0 unspecified atom stereocenters. The van der Waals surface area contributed by atoms with Crippen LogP contribution >= 0.6 is 0 Å². The van der Waals surface area contributed by atoms with Gasteiger partial charge in [0.2, 0.25) is 0 Å². The van der Waals surface area contributed by atoms with Crippen LogP contribution in [0.2, 0.25) is 0 Å². The van der Waals surface area contributed by atoms with Crippen LogP contribution in [0.5, 0.6) is 0 Å². The van der Waals surface area contributed by atoms with Gasteiger partial charge in [-0.05, 0) is 45.7 Å². The predicted octanol–water partition coefficient (Wildman–Crippen LogP) is 2.42. The van der Waals surface area contributed by atoms with Gasteiger partial charge in [-0.3, -0.25) is 9.59 Å². The third-order valence-corrected chi connectivity index (χ3v) is 3.69. The maximum Gasteiger partial charge on any atom is 0.312 e. The molecular weight excluding hydrogens is 306 g/mol. The van der Waals surface area contributed by atoms with E-state index in [2.05, 4.69) is 5.10 Å². The average Bonchev–Trinajstić information content (AvgIpc) is 2.45. The molecule has 0 saturated heterocycles. The summed E-state index contributed by atoms with van der Waals surface area (Å²) in [7, 11) is 0. The lowest BCUT2D eigenvalue weighted by atomic mass is 10.0. The van der Waals surface area contributed by atoms with Gasteiger partial charge in [-0.25, -0.2) is 4.68 Å². The standard InChI is InChI=1S/C18H21N3O3/c1-11-6-7-13-14(10-15(22)24-18(3,4)5)20-21(9-8-19)17(23)16(13)12(11)2/h6-7H,9-10H2,1-5H3. The van der Waals surface area contributed by atoms with Crippen molar-refractivity contribution in [1.82, 2.24) is 9.78 Å². The molecule has 0 radical (unpaired) electrons. The van der Waals surface area contributed by atoms with Gasteiger partial charge in [0, 0.05) is 5.39 Å². The predicted molar refractivity (Wildman–Crippen MR) is 90.6 cm³/mol. The third kappa shape index (κ3) is 3.62. The molecule has 0 amide bonds. The van der Waals surface area contributed by atoms with Gasteiger partial charge in [0.25, 0.3) is 5.56 Å². The minimum absolute atomic E-state index is 0.0536. The number of aryl methyl sites for hydroxylation is 2. The lowest BCUT2D eigenvalue weighted by molar-refractivity contribution is -0.153. The second kappa shape index (κ2) is 6.44. The summed E-state index contributed by atoms with van der Waals surface area (Å²) in [5, 5.41) is 14.3. The summed E-state index contributed by atoms with van der Waals surface area (Å²) in [6.45, 7) is 8.98. The number of carbonyl (C=O) groups is 1. The Morgan fingerprint density at radius 1 is 1.33 bits per heavy atom. The third-order valence-electron chi connectivity index (χ3n) is 3.69. The van der Waals surface area contributed by atoms with Crippen molar-refractivity contribution in [2.24, 2.45) is 0 Å².